The fourth-order valence-electron chi connectivity index (χ4n) is 2.95. The van der Waals surface area contributed by atoms with Crippen LogP contribution in [0.15, 0.2) is 0 Å². The van der Waals surface area contributed by atoms with Crippen molar-refractivity contribution in [1.82, 2.24) is 10.2 Å². The number of nitrogens with zero attached hydrogens (tertiary/aromatic N) is 1. The van der Waals surface area contributed by atoms with Crippen LogP contribution in [0.3, 0.4) is 0 Å². The minimum Gasteiger partial charge on any atom is -0.316 e. The van der Waals surface area contributed by atoms with Crippen molar-refractivity contribution in [3.05, 3.63) is 0 Å². The lowest BCUT2D eigenvalue weighted by Crippen LogP contribution is -2.45. The van der Waals surface area contributed by atoms with Crippen LogP contribution in [0.1, 0.15) is 46.0 Å². The van der Waals surface area contributed by atoms with Crippen LogP contribution in [0.4, 0.5) is 0 Å². The van der Waals surface area contributed by atoms with Gasteiger partial charge < -0.3 is 10.2 Å². The fraction of sp³-hybridized carbons (Fsp3) is 1.00. The third-order valence-electron chi connectivity index (χ3n) is 4.69. The Morgan fingerprint density at radius 1 is 1.19 bits per heavy atom. The summed E-state index contributed by atoms with van der Waals surface area (Å²) in [5, 5.41) is 3.36. The van der Waals surface area contributed by atoms with Gasteiger partial charge in [0.25, 0.3) is 0 Å². The highest BCUT2D eigenvalue weighted by Crippen LogP contribution is 2.36. The second-order valence-electron chi connectivity index (χ2n) is 6.69. The quantitative estimate of drug-likeness (QED) is 0.789. The Labute approximate surface area is 101 Å². The maximum absolute atomic E-state index is 3.36. The van der Waals surface area contributed by atoms with Crippen molar-refractivity contribution in [2.45, 2.75) is 52.0 Å². The van der Waals surface area contributed by atoms with Crippen LogP contribution in [-0.4, -0.2) is 37.6 Å². The molecule has 1 aliphatic carbocycles. The van der Waals surface area contributed by atoms with E-state index in [1.807, 2.05) is 0 Å². The Kier molecular flexibility index (Phi) is 3.91. The molecule has 1 saturated heterocycles. The van der Waals surface area contributed by atoms with Crippen LogP contribution in [0.25, 0.3) is 0 Å². The molecule has 2 rings (SSSR count). The molecule has 16 heavy (non-hydrogen) atoms. The minimum absolute atomic E-state index is 0.606. The summed E-state index contributed by atoms with van der Waals surface area (Å²) in [5.74, 6) is 0.961. The van der Waals surface area contributed by atoms with Crippen molar-refractivity contribution in [3.63, 3.8) is 0 Å². The first-order valence-corrected chi connectivity index (χ1v) is 6.98. The Hall–Kier alpha value is -0.0800. The van der Waals surface area contributed by atoms with E-state index in [9.17, 15) is 0 Å². The maximum Gasteiger partial charge on any atom is 0.00926 e. The van der Waals surface area contributed by atoms with Crippen molar-refractivity contribution < 1.29 is 0 Å². The Bertz CT molecular complexity index is 211. The van der Waals surface area contributed by atoms with Crippen LogP contribution in [0, 0.1) is 11.3 Å². The number of hydrogen-bond donors (Lipinski definition) is 1. The van der Waals surface area contributed by atoms with E-state index < -0.39 is 0 Å². The van der Waals surface area contributed by atoms with E-state index in [4.69, 9.17) is 0 Å². The molecule has 0 aromatic heterocycles. The molecule has 0 bridgehead atoms. The zero-order valence-electron chi connectivity index (χ0n) is 11.3. The van der Waals surface area contributed by atoms with Crippen LogP contribution in [0.2, 0.25) is 0 Å². The molecular formula is C14H28N2. The number of nitrogens with one attached hydrogen (secondary N) is 1. The van der Waals surface area contributed by atoms with Gasteiger partial charge in [-0.3, -0.25) is 0 Å². The van der Waals surface area contributed by atoms with Gasteiger partial charge in [-0.1, -0.05) is 13.8 Å². The molecule has 2 heteroatoms. The first-order valence-electron chi connectivity index (χ1n) is 6.98. The zero-order chi connectivity index (χ0) is 11.6. The molecule has 2 fully saturated rings. The van der Waals surface area contributed by atoms with Gasteiger partial charge in [-0.15, -0.1) is 0 Å². The smallest absolute Gasteiger partial charge is 0.00926 e. The normalized spacial score (nSPS) is 27.0. The SMILES string of the molecule is CN(CCC1CNC1)C1CCC(C)(C)CC1. The molecule has 94 valence electrons. The first kappa shape index (κ1) is 12.4. The lowest BCUT2D eigenvalue weighted by molar-refractivity contribution is 0.119. The predicted octanol–water partition coefficient (Wildman–Crippen LogP) is 2.50. The average Bonchev–Trinajstić information content (AvgIpc) is 2.15. The second-order valence-corrected chi connectivity index (χ2v) is 6.69. The van der Waals surface area contributed by atoms with E-state index >= 15 is 0 Å². The second kappa shape index (κ2) is 5.05. The van der Waals surface area contributed by atoms with Crippen molar-refractivity contribution in [3.8, 4) is 0 Å². The highest BCUT2D eigenvalue weighted by Gasteiger charge is 2.29. The van der Waals surface area contributed by atoms with Gasteiger partial charge >= 0.3 is 0 Å². The first-order chi connectivity index (χ1) is 7.57. The predicted molar refractivity (Wildman–Crippen MR) is 69.6 cm³/mol. The third kappa shape index (κ3) is 3.21. The van der Waals surface area contributed by atoms with Crippen LogP contribution < -0.4 is 5.32 Å². The van der Waals surface area contributed by atoms with E-state index in [1.54, 1.807) is 0 Å². The summed E-state index contributed by atoms with van der Waals surface area (Å²) < 4.78 is 0. The molecular weight excluding hydrogens is 196 g/mol. The van der Waals surface area contributed by atoms with Gasteiger partial charge in [0.05, 0.1) is 0 Å². The molecule has 2 nitrogen and oxygen atoms in total. The van der Waals surface area contributed by atoms with Crippen molar-refractivity contribution in [2.24, 2.45) is 11.3 Å². The highest BCUT2D eigenvalue weighted by atomic mass is 15.1. The molecule has 0 aromatic carbocycles. The minimum atomic E-state index is 0.606. The van der Waals surface area contributed by atoms with Gasteiger partial charge in [-0.25, -0.2) is 0 Å². The van der Waals surface area contributed by atoms with Gasteiger partial charge in [0.2, 0.25) is 0 Å². The molecule has 0 spiro atoms. The molecule has 1 aliphatic heterocycles. The molecule has 1 heterocycles. The summed E-state index contributed by atoms with van der Waals surface area (Å²) in [6.45, 7) is 8.65. The molecule has 0 radical (unpaired) electrons. The lowest BCUT2D eigenvalue weighted by Gasteiger charge is -2.39. The standard InChI is InChI=1S/C14H28N2/c1-14(2)7-4-13(5-8-14)16(3)9-6-12-10-15-11-12/h12-13,15H,4-11H2,1-3H3. The molecule has 0 aromatic rings. The average molecular weight is 224 g/mol. The van der Waals surface area contributed by atoms with Gasteiger partial charge in [0.15, 0.2) is 0 Å². The molecule has 0 atom stereocenters. The van der Waals surface area contributed by atoms with E-state index in [1.165, 1.54) is 51.7 Å². The van der Waals surface area contributed by atoms with Gasteiger partial charge in [-0.05, 0) is 70.1 Å². The Morgan fingerprint density at radius 3 is 2.31 bits per heavy atom. The summed E-state index contributed by atoms with van der Waals surface area (Å²) in [7, 11) is 2.33. The van der Waals surface area contributed by atoms with Gasteiger partial charge in [0.1, 0.15) is 0 Å². The van der Waals surface area contributed by atoms with Gasteiger partial charge in [-0.2, -0.15) is 0 Å². The van der Waals surface area contributed by atoms with Crippen molar-refractivity contribution in [2.75, 3.05) is 26.7 Å². The van der Waals surface area contributed by atoms with Crippen LogP contribution in [-0.2, 0) is 0 Å². The van der Waals surface area contributed by atoms with E-state index in [2.05, 4.69) is 31.1 Å². The van der Waals surface area contributed by atoms with E-state index in [-0.39, 0.29) is 0 Å². The Balaban J connectivity index is 1.67. The number of hydrogen-bond acceptors (Lipinski definition) is 2. The molecule has 1 N–H and O–H groups in total. The molecule has 2 aliphatic rings. The third-order valence-corrected chi connectivity index (χ3v) is 4.69. The summed E-state index contributed by atoms with van der Waals surface area (Å²) in [6.07, 6.45) is 7.03. The van der Waals surface area contributed by atoms with Crippen LogP contribution >= 0.6 is 0 Å². The van der Waals surface area contributed by atoms with Gasteiger partial charge in [0, 0.05) is 6.04 Å². The fourth-order valence-corrected chi connectivity index (χ4v) is 2.95. The molecule has 1 saturated carbocycles. The zero-order valence-corrected chi connectivity index (χ0v) is 11.3. The lowest BCUT2D eigenvalue weighted by atomic mass is 9.75. The highest BCUT2D eigenvalue weighted by molar-refractivity contribution is 4.83. The summed E-state index contributed by atoms with van der Waals surface area (Å²) in [5.41, 5.74) is 0.606. The van der Waals surface area contributed by atoms with E-state index in [0.717, 1.165) is 12.0 Å². The maximum atomic E-state index is 3.36. The van der Waals surface area contributed by atoms with Crippen LogP contribution in [0.5, 0.6) is 0 Å². The van der Waals surface area contributed by atoms with Crippen molar-refractivity contribution >= 4 is 0 Å². The molecule has 0 unspecified atom stereocenters. The monoisotopic (exact) mass is 224 g/mol. The summed E-state index contributed by atoms with van der Waals surface area (Å²) in [6, 6.07) is 0.862. The topological polar surface area (TPSA) is 15.3 Å². The molecule has 0 amide bonds. The largest absolute Gasteiger partial charge is 0.316 e. The Morgan fingerprint density at radius 2 is 1.81 bits per heavy atom. The van der Waals surface area contributed by atoms with E-state index in [0.29, 0.717) is 5.41 Å². The van der Waals surface area contributed by atoms with Crippen molar-refractivity contribution in [1.29, 1.82) is 0 Å². The number of rotatable bonds is 4. The summed E-state index contributed by atoms with van der Waals surface area (Å²) >= 11 is 0. The summed E-state index contributed by atoms with van der Waals surface area (Å²) in [4.78, 5) is 2.62.